The molecule has 15 heavy (non-hydrogen) atoms. The largest absolute Gasteiger partial charge is 0.0613 e. The monoisotopic (exact) mass is 202 g/mol. The van der Waals surface area contributed by atoms with Gasteiger partial charge in [-0.05, 0) is 53.4 Å². The summed E-state index contributed by atoms with van der Waals surface area (Å²) in [7, 11) is 0. The van der Waals surface area contributed by atoms with Crippen molar-refractivity contribution in [3.05, 3.63) is 34.4 Å². The van der Waals surface area contributed by atoms with Gasteiger partial charge in [-0.1, -0.05) is 39.8 Å². The Morgan fingerprint density at radius 2 is 1.87 bits per heavy atom. The summed E-state index contributed by atoms with van der Waals surface area (Å²) in [5.41, 5.74) is 6.79. The summed E-state index contributed by atoms with van der Waals surface area (Å²) in [6.45, 7) is 9.30. The van der Waals surface area contributed by atoms with Crippen LogP contribution in [0.5, 0.6) is 0 Å². The fourth-order valence-corrected chi connectivity index (χ4v) is 2.79. The van der Waals surface area contributed by atoms with Gasteiger partial charge in [0.05, 0.1) is 0 Å². The lowest BCUT2D eigenvalue weighted by atomic mass is 9.84. The lowest BCUT2D eigenvalue weighted by Gasteiger charge is -2.20. The van der Waals surface area contributed by atoms with E-state index < -0.39 is 0 Å². The van der Waals surface area contributed by atoms with Crippen LogP contribution < -0.4 is 0 Å². The number of benzene rings is 1. The summed E-state index contributed by atoms with van der Waals surface area (Å²) >= 11 is 0. The van der Waals surface area contributed by atoms with Gasteiger partial charge in [0.1, 0.15) is 0 Å². The van der Waals surface area contributed by atoms with Gasteiger partial charge in [0.25, 0.3) is 0 Å². The molecule has 0 atom stereocenters. The number of hydrogen-bond donors (Lipinski definition) is 0. The Labute approximate surface area is 93.7 Å². The van der Waals surface area contributed by atoms with Gasteiger partial charge in [-0.2, -0.15) is 0 Å². The van der Waals surface area contributed by atoms with Crippen LogP contribution in [0.15, 0.2) is 12.1 Å². The molecule has 0 heterocycles. The van der Waals surface area contributed by atoms with Crippen molar-refractivity contribution in [2.75, 3.05) is 0 Å². The average Bonchev–Trinajstić information content (AvgIpc) is 2.54. The highest BCUT2D eigenvalue weighted by atomic mass is 14.3. The van der Waals surface area contributed by atoms with Gasteiger partial charge in [0.2, 0.25) is 0 Å². The number of aryl methyl sites for hydroxylation is 2. The molecule has 2 rings (SSSR count). The summed E-state index contributed by atoms with van der Waals surface area (Å²) in [5, 5.41) is 0. The van der Waals surface area contributed by atoms with E-state index in [0.29, 0.717) is 5.41 Å². The van der Waals surface area contributed by atoms with Crippen molar-refractivity contribution in [3.63, 3.8) is 0 Å². The van der Waals surface area contributed by atoms with Crippen molar-refractivity contribution in [2.45, 2.75) is 58.8 Å². The highest BCUT2D eigenvalue weighted by Gasteiger charge is 2.31. The van der Waals surface area contributed by atoms with Gasteiger partial charge in [-0.3, -0.25) is 0 Å². The lowest BCUT2D eigenvalue weighted by molar-refractivity contribution is 0.522. The van der Waals surface area contributed by atoms with Crippen molar-refractivity contribution in [3.8, 4) is 0 Å². The molecule has 0 saturated carbocycles. The van der Waals surface area contributed by atoms with Gasteiger partial charge >= 0.3 is 0 Å². The van der Waals surface area contributed by atoms with Crippen LogP contribution in [0.4, 0.5) is 0 Å². The quantitative estimate of drug-likeness (QED) is 0.679. The van der Waals surface area contributed by atoms with E-state index in [2.05, 4.69) is 39.8 Å². The number of rotatable bonds is 2. The van der Waals surface area contributed by atoms with Crippen molar-refractivity contribution in [2.24, 2.45) is 0 Å². The average molecular weight is 202 g/mol. The lowest BCUT2D eigenvalue weighted by Crippen LogP contribution is -2.12. The second-order valence-electron chi connectivity index (χ2n) is 5.37. The molecule has 0 aromatic heterocycles. The Balaban J connectivity index is 2.59. The van der Waals surface area contributed by atoms with Gasteiger partial charge in [-0.25, -0.2) is 0 Å². The third kappa shape index (κ3) is 1.71. The highest BCUT2D eigenvalue weighted by molar-refractivity contribution is 5.46. The normalized spacial score (nSPS) is 17.9. The zero-order chi connectivity index (χ0) is 11.1. The predicted octanol–water partition coefficient (Wildman–Crippen LogP) is 4.04. The Morgan fingerprint density at radius 1 is 1.13 bits per heavy atom. The summed E-state index contributed by atoms with van der Waals surface area (Å²) in [6.07, 6.45) is 4.96. The first kappa shape index (κ1) is 10.7. The molecule has 0 amide bonds. The molecule has 0 fully saturated rings. The molecule has 82 valence electrons. The topological polar surface area (TPSA) is 0 Å². The molecule has 1 aliphatic rings. The molecular weight excluding hydrogens is 180 g/mol. The SMILES string of the molecule is CCc1cc(CC)c2c(c1)C(C)(C)CC2. The molecule has 0 nitrogen and oxygen atoms in total. The van der Waals surface area contributed by atoms with Crippen LogP contribution in [-0.4, -0.2) is 0 Å². The van der Waals surface area contributed by atoms with Crippen molar-refractivity contribution >= 4 is 0 Å². The van der Waals surface area contributed by atoms with Crippen molar-refractivity contribution in [1.82, 2.24) is 0 Å². The summed E-state index contributed by atoms with van der Waals surface area (Å²) in [5.74, 6) is 0. The van der Waals surface area contributed by atoms with E-state index in [1.165, 1.54) is 24.8 Å². The summed E-state index contributed by atoms with van der Waals surface area (Å²) in [6, 6.07) is 4.86. The molecule has 0 unspecified atom stereocenters. The van der Waals surface area contributed by atoms with Gasteiger partial charge in [0, 0.05) is 0 Å². The third-order valence-electron chi connectivity index (χ3n) is 3.92. The zero-order valence-corrected chi connectivity index (χ0v) is 10.5. The second-order valence-corrected chi connectivity index (χ2v) is 5.37. The Bertz CT molecular complexity index is 372. The smallest absolute Gasteiger partial charge is 0.00975 e. The third-order valence-corrected chi connectivity index (χ3v) is 3.92. The van der Waals surface area contributed by atoms with E-state index in [1.807, 2.05) is 0 Å². The molecule has 0 spiro atoms. The van der Waals surface area contributed by atoms with E-state index in [4.69, 9.17) is 0 Å². The molecule has 1 aromatic carbocycles. The van der Waals surface area contributed by atoms with Crippen molar-refractivity contribution in [1.29, 1.82) is 0 Å². The fraction of sp³-hybridized carbons (Fsp3) is 0.600. The van der Waals surface area contributed by atoms with Crippen molar-refractivity contribution < 1.29 is 0 Å². The van der Waals surface area contributed by atoms with E-state index in [1.54, 1.807) is 16.7 Å². The van der Waals surface area contributed by atoms with Crippen LogP contribution in [0.2, 0.25) is 0 Å². The summed E-state index contributed by atoms with van der Waals surface area (Å²) < 4.78 is 0. The van der Waals surface area contributed by atoms with E-state index >= 15 is 0 Å². The van der Waals surface area contributed by atoms with Gasteiger partial charge < -0.3 is 0 Å². The minimum Gasteiger partial charge on any atom is -0.0613 e. The minimum absolute atomic E-state index is 0.407. The van der Waals surface area contributed by atoms with Gasteiger partial charge in [0.15, 0.2) is 0 Å². The highest BCUT2D eigenvalue weighted by Crippen LogP contribution is 2.40. The van der Waals surface area contributed by atoms with Gasteiger partial charge in [-0.15, -0.1) is 0 Å². The van der Waals surface area contributed by atoms with Crippen LogP contribution in [0.1, 0.15) is 56.4 Å². The molecular formula is C15H22. The van der Waals surface area contributed by atoms with Crippen LogP contribution in [-0.2, 0) is 24.7 Å². The molecule has 0 heteroatoms. The molecule has 0 radical (unpaired) electrons. The molecule has 1 aromatic rings. The van der Waals surface area contributed by atoms with Crippen LogP contribution in [0.3, 0.4) is 0 Å². The first-order valence-electron chi connectivity index (χ1n) is 6.23. The maximum Gasteiger partial charge on any atom is -0.00975 e. The van der Waals surface area contributed by atoms with E-state index in [0.717, 1.165) is 6.42 Å². The maximum absolute atomic E-state index is 2.45. The maximum atomic E-state index is 2.45. The Morgan fingerprint density at radius 3 is 2.47 bits per heavy atom. The zero-order valence-electron chi connectivity index (χ0n) is 10.5. The Kier molecular flexibility index (Phi) is 2.62. The van der Waals surface area contributed by atoms with E-state index in [-0.39, 0.29) is 0 Å². The molecule has 0 bridgehead atoms. The fourth-order valence-electron chi connectivity index (χ4n) is 2.79. The first-order valence-corrected chi connectivity index (χ1v) is 6.23. The predicted molar refractivity (Wildman–Crippen MR) is 66.5 cm³/mol. The van der Waals surface area contributed by atoms with Crippen LogP contribution in [0.25, 0.3) is 0 Å². The minimum atomic E-state index is 0.407. The first-order chi connectivity index (χ1) is 7.08. The molecule has 1 aliphatic carbocycles. The summed E-state index contributed by atoms with van der Waals surface area (Å²) in [4.78, 5) is 0. The Hall–Kier alpha value is -0.780. The molecule has 0 saturated heterocycles. The number of hydrogen-bond acceptors (Lipinski definition) is 0. The molecule has 0 N–H and O–H groups in total. The van der Waals surface area contributed by atoms with Crippen LogP contribution >= 0.6 is 0 Å². The van der Waals surface area contributed by atoms with E-state index in [9.17, 15) is 0 Å². The number of fused-ring (bicyclic) bond motifs is 1. The van der Waals surface area contributed by atoms with Crippen LogP contribution in [0, 0.1) is 0 Å². The second kappa shape index (κ2) is 3.66. The molecule has 0 aliphatic heterocycles. The standard InChI is InChI=1S/C15H22/c1-5-11-9-12(6-2)13-7-8-15(3,4)14(13)10-11/h9-10H,5-8H2,1-4H3.